The molecule has 4 nitrogen and oxygen atoms in total. The number of pyridine rings is 1. The standard InChI is InChI=1S/C18H30N4/c1-14(2)22-11-8-17(13-22)20-16-6-9-21(10-7-16)18-5-4-15(3)12-19-18/h4-5,12,14,16-17,20H,6-11,13H2,1-3H3. The summed E-state index contributed by atoms with van der Waals surface area (Å²) in [5, 5.41) is 3.90. The molecule has 3 heterocycles. The lowest BCUT2D eigenvalue weighted by Crippen LogP contribution is -2.47. The van der Waals surface area contributed by atoms with Crippen LogP contribution in [0.25, 0.3) is 0 Å². The van der Waals surface area contributed by atoms with Crippen LogP contribution in [0.3, 0.4) is 0 Å². The molecule has 4 heteroatoms. The zero-order valence-electron chi connectivity index (χ0n) is 14.3. The van der Waals surface area contributed by atoms with Gasteiger partial charge in [-0.15, -0.1) is 0 Å². The van der Waals surface area contributed by atoms with Crippen molar-refractivity contribution in [3.05, 3.63) is 23.9 Å². The Balaban J connectivity index is 1.45. The van der Waals surface area contributed by atoms with Crippen molar-refractivity contribution in [1.29, 1.82) is 0 Å². The lowest BCUT2D eigenvalue weighted by atomic mass is 10.0. The van der Waals surface area contributed by atoms with Crippen molar-refractivity contribution in [2.75, 3.05) is 31.1 Å². The van der Waals surface area contributed by atoms with Crippen LogP contribution < -0.4 is 10.2 Å². The molecular formula is C18H30N4. The molecule has 22 heavy (non-hydrogen) atoms. The van der Waals surface area contributed by atoms with Crippen LogP contribution in [0.4, 0.5) is 5.82 Å². The Hall–Kier alpha value is -1.13. The quantitative estimate of drug-likeness (QED) is 0.925. The lowest BCUT2D eigenvalue weighted by Gasteiger charge is -2.34. The third-order valence-corrected chi connectivity index (χ3v) is 5.14. The first-order valence-corrected chi connectivity index (χ1v) is 8.79. The second-order valence-electron chi connectivity index (χ2n) is 7.20. The van der Waals surface area contributed by atoms with E-state index in [0.29, 0.717) is 18.1 Å². The van der Waals surface area contributed by atoms with Gasteiger partial charge in [0.2, 0.25) is 0 Å². The van der Waals surface area contributed by atoms with E-state index in [1.165, 1.54) is 37.9 Å². The first-order valence-electron chi connectivity index (χ1n) is 8.79. The summed E-state index contributed by atoms with van der Waals surface area (Å²) in [6.45, 7) is 11.4. The number of rotatable bonds is 4. The number of hydrogen-bond donors (Lipinski definition) is 1. The van der Waals surface area contributed by atoms with Gasteiger partial charge in [0.05, 0.1) is 0 Å². The normalized spacial score (nSPS) is 24.4. The van der Waals surface area contributed by atoms with Gasteiger partial charge in [-0.05, 0) is 58.2 Å². The molecule has 1 unspecified atom stereocenters. The van der Waals surface area contributed by atoms with Crippen molar-refractivity contribution in [3.63, 3.8) is 0 Å². The van der Waals surface area contributed by atoms with E-state index in [9.17, 15) is 0 Å². The van der Waals surface area contributed by atoms with Crippen LogP contribution in [-0.2, 0) is 0 Å². The zero-order chi connectivity index (χ0) is 15.5. The Morgan fingerprint density at radius 2 is 1.82 bits per heavy atom. The molecule has 3 rings (SSSR count). The Labute approximate surface area is 134 Å². The van der Waals surface area contributed by atoms with Crippen LogP contribution in [-0.4, -0.2) is 54.2 Å². The molecule has 0 aliphatic carbocycles. The number of hydrogen-bond acceptors (Lipinski definition) is 4. The van der Waals surface area contributed by atoms with E-state index in [1.54, 1.807) is 0 Å². The van der Waals surface area contributed by atoms with Gasteiger partial charge in [-0.3, -0.25) is 4.90 Å². The highest BCUT2D eigenvalue weighted by Gasteiger charge is 2.27. The fourth-order valence-electron chi connectivity index (χ4n) is 3.65. The van der Waals surface area contributed by atoms with Gasteiger partial charge in [-0.2, -0.15) is 0 Å². The van der Waals surface area contributed by atoms with Gasteiger partial charge in [0, 0.05) is 44.0 Å². The summed E-state index contributed by atoms with van der Waals surface area (Å²) in [6, 6.07) is 6.36. The minimum Gasteiger partial charge on any atom is -0.357 e. The number of anilines is 1. The van der Waals surface area contributed by atoms with E-state index in [2.05, 4.69) is 53.0 Å². The fraction of sp³-hybridized carbons (Fsp3) is 0.722. The number of nitrogens with zero attached hydrogens (tertiary/aromatic N) is 3. The molecule has 122 valence electrons. The van der Waals surface area contributed by atoms with Crippen molar-refractivity contribution in [2.45, 2.75) is 58.2 Å². The average molecular weight is 302 g/mol. The third-order valence-electron chi connectivity index (χ3n) is 5.14. The molecule has 0 radical (unpaired) electrons. The summed E-state index contributed by atoms with van der Waals surface area (Å²) in [4.78, 5) is 9.57. The summed E-state index contributed by atoms with van der Waals surface area (Å²) in [5.41, 5.74) is 1.23. The molecule has 1 atom stereocenters. The SMILES string of the molecule is Cc1ccc(N2CCC(NC3CCN(C(C)C)C3)CC2)nc1. The Morgan fingerprint density at radius 3 is 2.41 bits per heavy atom. The molecule has 0 bridgehead atoms. The molecule has 0 spiro atoms. The number of piperidine rings is 1. The molecule has 1 aromatic rings. The van der Waals surface area contributed by atoms with Gasteiger partial charge in [-0.25, -0.2) is 4.98 Å². The topological polar surface area (TPSA) is 31.4 Å². The van der Waals surface area contributed by atoms with Crippen LogP contribution in [0, 0.1) is 6.92 Å². The molecule has 2 fully saturated rings. The minimum atomic E-state index is 0.679. The second kappa shape index (κ2) is 6.97. The highest BCUT2D eigenvalue weighted by Crippen LogP contribution is 2.20. The Bertz CT molecular complexity index is 462. The van der Waals surface area contributed by atoms with Crippen molar-refractivity contribution in [2.24, 2.45) is 0 Å². The smallest absolute Gasteiger partial charge is 0.128 e. The first-order chi connectivity index (χ1) is 10.6. The molecule has 1 aromatic heterocycles. The zero-order valence-corrected chi connectivity index (χ0v) is 14.3. The molecule has 2 aliphatic heterocycles. The fourth-order valence-corrected chi connectivity index (χ4v) is 3.65. The van der Waals surface area contributed by atoms with E-state index in [0.717, 1.165) is 18.9 Å². The number of aromatic nitrogens is 1. The van der Waals surface area contributed by atoms with E-state index < -0.39 is 0 Å². The molecule has 0 saturated carbocycles. The summed E-state index contributed by atoms with van der Waals surface area (Å²) in [5.74, 6) is 1.14. The summed E-state index contributed by atoms with van der Waals surface area (Å²) in [6.07, 6.45) is 5.73. The third kappa shape index (κ3) is 3.79. The first kappa shape index (κ1) is 15.8. The molecule has 1 N–H and O–H groups in total. The highest BCUT2D eigenvalue weighted by atomic mass is 15.2. The number of aryl methyl sites for hydroxylation is 1. The Morgan fingerprint density at radius 1 is 1.09 bits per heavy atom. The monoisotopic (exact) mass is 302 g/mol. The highest BCUT2D eigenvalue weighted by molar-refractivity contribution is 5.39. The summed E-state index contributed by atoms with van der Waals surface area (Å²) in [7, 11) is 0. The Kier molecular flexibility index (Phi) is 4.99. The van der Waals surface area contributed by atoms with Gasteiger partial charge in [-0.1, -0.05) is 6.07 Å². The molecule has 2 saturated heterocycles. The van der Waals surface area contributed by atoms with Crippen molar-refractivity contribution in [3.8, 4) is 0 Å². The van der Waals surface area contributed by atoms with E-state index in [4.69, 9.17) is 0 Å². The predicted octanol–water partition coefficient (Wildman–Crippen LogP) is 2.43. The molecule has 2 aliphatic rings. The number of likely N-dealkylation sites (tertiary alicyclic amines) is 1. The maximum absolute atomic E-state index is 4.56. The van der Waals surface area contributed by atoms with Crippen LogP contribution in [0.2, 0.25) is 0 Å². The van der Waals surface area contributed by atoms with Gasteiger partial charge in [0.25, 0.3) is 0 Å². The van der Waals surface area contributed by atoms with Crippen molar-refractivity contribution in [1.82, 2.24) is 15.2 Å². The van der Waals surface area contributed by atoms with Crippen molar-refractivity contribution >= 4 is 5.82 Å². The summed E-state index contributed by atoms with van der Waals surface area (Å²) >= 11 is 0. The minimum absolute atomic E-state index is 0.679. The summed E-state index contributed by atoms with van der Waals surface area (Å²) < 4.78 is 0. The van der Waals surface area contributed by atoms with Gasteiger partial charge in [0.1, 0.15) is 5.82 Å². The largest absolute Gasteiger partial charge is 0.357 e. The van der Waals surface area contributed by atoms with E-state index in [1.807, 2.05) is 6.20 Å². The maximum Gasteiger partial charge on any atom is 0.128 e. The van der Waals surface area contributed by atoms with Gasteiger partial charge >= 0.3 is 0 Å². The van der Waals surface area contributed by atoms with Gasteiger partial charge < -0.3 is 10.2 Å². The van der Waals surface area contributed by atoms with Crippen molar-refractivity contribution < 1.29 is 0 Å². The molecular weight excluding hydrogens is 272 g/mol. The van der Waals surface area contributed by atoms with E-state index in [-0.39, 0.29) is 0 Å². The predicted molar refractivity (Wildman–Crippen MR) is 92.5 cm³/mol. The van der Waals surface area contributed by atoms with Crippen LogP contribution >= 0.6 is 0 Å². The van der Waals surface area contributed by atoms with Crippen LogP contribution in [0.15, 0.2) is 18.3 Å². The molecule has 0 amide bonds. The molecule has 0 aromatic carbocycles. The van der Waals surface area contributed by atoms with E-state index >= 15 is 0 Å². The van der Waals surface area contributed by atoms with Crippen LogP contribution in [0.1, 0.15) is 38.7 Å². The average Bonchev–Trinajstić information content (AvgIpc) is 2.98. The second-order valence-corrected chi connectivity index (χ2v) is 7.20. The van der Waals surface area contributed by atoms with Crippen LogP contribution in [0.5, 0.6) is 0 Å². The number of nitrogens with one attached hydrogen (secondary N) is 1. The lowest BCUT2D eigenvalue weighted by molar-refractivity contribution is 0.262. The van der Waals surface area contributed by atoms with Gasteiger partial charge in [0.15, 0.2) is 0 Å². The maximum atomic E-state index is 4.56.